The van der Waals surface area contributed by atoms with Crippen molar-refractivity contribution in [3.8, 4) is 5.69 Å². The van der Waals surface area contributed by atoms with Gasteiger partial charge in [0.15, 0.2) is 0 Å². The Labute approximate surface area is 162 Å². The molecule has 2 amide bonds. The predicted octanol–water partition coefficient (Wildman–Crippen LogP) is 2.73. The average Bonchev–Trinajstić information content (AvgIpc) is 3.05. The summed E-state index contributed by atoms with van der Waals surface area (Å²) in [5, 5.41) is 18.5. The van der Waals surface area contributed by atoms with Gasteiger partial charge in [-0.1, -0.05) is 0 Å². The molecular weight excluding hydrogens is 364 g/mol. The number of esters is 1. The standard InChI is InChI=1S/C19H24N4O5/c1-12-10-20-23(11-12)15-6-5-13(17(26)28-4)9-14(15)21-18(27)22-19(2,3)8-7-16(24)25/h5-6,9-11H,7-8H2,1-4H3,(H,24,25)(H2,21,22,27). The molecule has 0 aliphatic heterocycles. The zero-order valence-corrected chi connectivity index (χ0v) is 16.3. The van der Waals surface area contributed by atoms with Gasteiger partial charge in [0.1, 0.15) is 0 Å². The van der Waals surface area contributed by atoms with Gasteiger partial charge in [0, 0.05) is 18.2 Å². The summed E-state index contributed by atoms with van der Waals surface area (Å²) in [6, 6.07) is 4.21. The topological polar surface area (TPSA) is 123 Å². The number of carbonyl (C=O) groups is 3. The Bertz CT molecular complexity index is 888. The SMILES string of the molecule is COC(=O)c1ccc(-n2cc(C)cn2)c(NC(=O)NC(C)(C)CCC(=O)O)c1. The summed E-state index contributed by atoms with van der Waals surface area (Å²) in [5.41, 5.74) is 1.40. The van der Waals surface area contributed by atoms with E-state index in [2.05, 4.69) is 15.7 Å². The number of rotatable bonds is 7. The van der Waals surface area contributed by atoms with Crippen LogP contribution < -0.4 is 10.6 Å². The number of nitrogens with zero attached hydrogens (tertiary/aromatic N) is 2. The van der Waals surface area contributed by atoms with E-state index in [-0.39, 0.29) is 18.4 Å². The molecule has 0 spiro atoms. The average molecular weight is 388 g/mol. The summed E-state index contributed by atoms with van der Waals surface area (Å²) >= 11 is 0. The minimum absolute atomic E-state index is 0.0665. The van der Waals surface area contributed by atoms with E-state index in [1.165, 1.54) is 13.2 Å². The predicted molar refractivity (Wildman–Crippen MR) is 103 cm³/mol. The second-order valence-electron chi connectivity index (χ2n) is 7.04. The fraction of sp³-hybridized carbons (Fsp3) is 0.368. The molecule has 1 aromatic heterocycles. The van der Waals surface area contributed by atoms with Gasteiger partial charge in [0.2, 0.25) is 0 Å². The highest BCUT2D eigenvalue weighted by atomic mass is 16.5. The number of carboxylic acid groups (broad SMARTS) is 1. The lowest BCUT2D eigenvalue weighted by Gasteiger charge is -2.26. The van der Waals surface area contributed by atoms with Crippen molar-refractivity contribution in [1.82, 2.24) is 15.1 Å². The second-order valence-corrected chi connectivity index (χ2v) is 7.04. The number of nitrogens with one attached hydrogen (secondary N) is 2. The Hall–Kier alpha value is -3.36. The number of hydrogen-bond donors (Lipinski definition) is 3. The maximum Gasteiger partial charge on any atom is 0.337 e. The maximum atomic E-state index is 12.5. The number of aromatic nitrogens is 2. The molecule has 1 aromatic carbocycles. The lowest BCUT2D eigenvalue weighted by Crippen LogP contribution is -2.45. The first kappa shape index (κ1) is 20.9. The van der Waals surface area contributed by atoms with E-state index in [0.717, 1.165) is 5.56 Å². The molecule has 0 atom stereocenters. The third-order valence-corrected chi connectivity index (χ3v) is 4.04. The summed E-state index contributed by atoms with van der Waals surface area (Å²) in [4.78, 5) is 35.1. The summed E-state index contributed by atoms with van der Waals surface area (Å²) in [5.74, 6) is -1.47. The molecule has 2 rings (SSSR count). The van der Waals surface area contributed by atoms with Gasteiger partial charge in [-0.25, -0.2) is 14.3 Å². The number of carboxylic acids is 1. The maximum absolute atomic E-state index is 12.5. The number of aliphatic carboxylic acids is 1. The van der Waals surface area contributed by atoms with Crippen LogP contribution in [-0.2, 0) is 9.53 Å². The third-order valence-electron chi connectivity index (χ3n) is 4.04. The molecule has 0 radical (unpaired) electrons. The van der Waals surface area contributed by atoms with Crippen LogP contribution in [0.15, 0.2) is 30.6 Å². The lowest BCUT2D eigenvalue weighted by atomic mass is 9.99. The molecule has 0 aliphatic rings. The Kier molecular flexibility index (Phi) is 6.40. The number of hydrogen-bond acceptors (Lipinski definition) is 5. The van der Waals surface area contributed by atoms with Crippen molar-refractivity contribution in [2.75, 3.05) is 12.4 Å². The van der Waals surface area contributed by atoms with Crippen LogP contribution in [0.4, 0.5) is 10.5 Å². The molecule has 9 heteroatoms. The fourth-order valence-electron chi connectivity index (χ4n) is 2.57. The monoisotopic (exact) mass is 388 g/mol. The zero-order valence-electron chi connectivity index (χ0n) is 16.3. The molecular formula is C19H24N4O5. The van der Waals surface area contributed by atoms with Crippen LogP contribution in [-0.4, -0.2) is 45.5 Å². The second kappa shape index (κ2) is 8.55. The van der Waals surface area contributed by atoms with Gasteiger partial charge in [0.05, 0.1) is 30.2 Å². The minimum Gasteiger partial charge on any atom is -0.481 e. The molecule has 0 fully saturated rings. The highest BCUT2D eigenvalue weighted by Crippen LogP contribution is 2.23. The van der Waals surface area contributed by atoms with E-state index < -0.39 is 23.5 Å². The van der Waals surface area contributed by atoms with Gasteiger partial charge in [0.25, 0.3) is 0 Å². The van der Waals surface area contributed by atoms with Crippen molar-refractivity contribution < 1.29 is 24.2 Å². The number of anilines is 1. The van der Waals surface area contributed by atoms with E-state index >= 15 is 0 Å². The molecule has 9 nitrogen and oxygen atoms in total. The largest absolute Gasteiger partial charge is 0.481 e. The number of benzene rings is 1. The molecule has 1 heterocycles. The lowest BCUT2D eigenvalue weighted by molar-refractivity contribution is -0.137. The van der Waals surface area contributed by atoms with Crippen LogP contribution in [0.2, 0.25) is 0 Å². The van der Waals surface area contributed by atoms with Crippen molar-refractivity contribution >= 4 is 23.7 Å². The van der Waals surface area contributed by atoms with Crippen LogP contribution in [0.3, 0.4) is 0 Å². The van der Waals surface area contributed by atoms with Gasteiger partial charge >= 0.3 is 18.0 Å². The first-order valence-electron chi connectivity index (χ1n) is 8.66. The smallest absolute Gasteiger partial charge is 0.337 e. The van der Waals surface area contributed by atoms with E-state index in [1.54, 1.807) is 43.1 Å². The van der Waals surface area contributed by atoms with E-state index in [4.69, 9.17) is 9.84 Å². The van der Waals surface area contributed by atoms with Gasteiger partial charge in [-0.3, -0.25) is 4.79 Å². The zero-order chi connectivity index (χ0) is 20.9. The van der Waals surface area contributed by atoms with Crippen LogP contribution in [0.5, 0.6) is 0 Å². The number of urea groups is 1. The molecule has 0 saturated carbocycles. The van der Waals surface area contributed by atoms with E-state index in [9.17, 15) is 14.4 Å². The number of carbonyl (C=O) groups excluding carboxylic acids is 2. The Balaban J connectivity index is 2.27. The van der Waals surface area contributed by atoms with Crippen molar-refractivity contribution in [3.05, 3.63) is 41.7 Å². The van der Waals surface area contributed by atoms with Gasteiger partial charge in [-0.2, -0.15) is 5.10 Å². The molecule has 2 aromatic rings. The number of ether oxygens (including phenoxy) is 1. The normalized spacial score (nSPS) is 11.0. The van der Waals surface area contributed by atoms with Crippen molar-refractivity contribution in [2.24, 2.45) is 0 Å². The Morgan fingerprint density at radius 1 is 1.29 bits per heavy atom. The quantitative estimate of drug-likeness (QED) is 0.627. The first-order valence-corrected chi connectivity index (χ1v) is 8.66. The highest BCUT2D eigenvalue weighted by molar-refractivity contribution is 5.96. The molecule has 0 saturated heterocycles. The van der Waals surface area contributed by atoms with E-state index in [0.29, 0.717) is 11.4 Å². The molecule has 150 valence electrons. The molecule has 0 unspecified atom stereocenters. The van der Waals surface area contributed by atoms with E-state index in [1.807, 2.05) is 6.92 Å². The summed E-state index contributed by atoms with van der Waals surface area (Å²) in [6.45, 7) is 5.35. The van der Waals surface area contributed by atoms with Crippen molar-refractivity contribution in [1.29, 1.82) is 0 Å². The third kappa shape index (κ3) is 5.57. The molecule has 28 heavy (non-hydrogen) atoms. The van der Waals surface area contributed by atoms with Gasteiger partial charge < -0.3 is 20.5 Å². The molecule has 0 aliphatic carbocycles. The number of amides is 2. The number of aryl methyl sites for hydroxylation is 1. The van der Waals surface area contributed by atoms with Gasteiger partial charge in [-0.15, -0.1) is 0 Å². The summed E-state index contributed by atoms with van der Waals surface area (Å²) in [6.07, 6.45) is 3.66. The highest BCUT2D eigenvalue weighted by Gasteiger charge is 2.22. The van der Waals surface area contributed by atoms with Crippen LogP contribution >= 0.6 is 0 Å². The van der Waals surface area contributed by atoms with Crippen molar-refractivity contribution in [3.63, 3.8) is 0 Å². The fourth-order valence-corrected chi connectivity index (χ4v) is 2.57. The summed E-state index contributed by atoms with van der Waals surface area (Å²) < 4.78 is 6.32. The Morgan fingerprint density at radius 3 is 2.57 bits per heavy atom. The number of methoxy groups -OCH3 is 1. The molecule has 3 N–H and O–H groups in total. The minimum atomic E-state index is -0.933. The molecule has 0 bridgehead atoms. The van der Waals surface area contributed by atoms with Crippen LogP contribution in [0.25, 0.3) is 5.69 Å². The first-order chi connectivity index (χ1) is 13.1. The van der Waals surface area contributed by atoms with Crippen LogP contribution in [0.1, 0.15) is 42.6 Å². The van der Waals surface area contributed by atoms with Crippen molar-refractivity contribution in [2.45, 2.75) is 39.2 Å². The van der Waals surface area contributed by atoms with Crippen LogP contribution in [0, 0.1) is 6.92 Å². The van der Waals surface area contributed by atoms with Gasteiger partial charge in [-0.05, 0) is 51.0 Å². The Morgan fingerprint density at radius 2 is 2.00 bits per heavy atom. The summed E-state index contributed by atoms with van der Waals surface area (Å²) in [7, 11) is 1.28.